The zero-order valence-corrected chi connectivity index (χ0v) is 12.6. The van der Waals surface area contributed by atoms with Gasteiger partial charge in [0.1, 0.15) is 5.75 Å². The number of aromatic amines is 1. The Balaban J connectivity index is 2.05. The maximum absolute atomic E-state index is 12.6. The highest BCUT2D eigenvalue weighted by atomic mass is 16.5. The van der Waals surface area contributed by atoms with E-state index in [1.807, 2.05) is 55.5 Å². The van der Waals surface area contributed by atoms with Crippen LogP contribution in [0.5, 0.6) is 5.75 Å². The molecule has 4 rings (SSSR count). The van der Waals surface area contributed by atoms with E-state index < -0.39 is 0 Å². The average Bonchev–Trinajstić information content (AvgIpc) is 2.54. The van der Waals surface area contributed by atoms with Gasteiger partial charge in [-0.1, -0.05) is 36.4 Å². The van der Waals surface area contributed by atoms with Crippen molar-refractivity contribution in [3.8, 4) is 5.75 Å². The number of benzene rings is 2. The number of carbonyl (C=O) groups excluding carboxylic acids is 1. The van der Waals surface area contributed by atoms with Crippen LogP contribution in [0.15, 0.2) is 53.3 Å². The first-order valence-corrected chi connectivity index (χ1v) is 7.56. The average molecular weight is 305 g/mol. The van der Waals surface area contributed by atoms with E-state index in [4.69, 9.17) is 4.74 Å². The van der Waals surface area contributed by atoms with E-state index in [-0.39, 0.29) is 23.9 Å². The monoisotopic (exact) mass is 305 g/mol. The van der Waals surface area contributed by atoms with Crippen molar-refractivity contribution in [3.63, 3.8) is 0 Å². The van der Waals surface area contributed by atoms with Gasteiger partial charge < -0.3 is 9.72 Å². The second-order valence-electron chi connectivity index (χ2n) is 5.83. The highest BCUT2D eigenvalue weighted by Gasteiger charge is 2.33. The molecule has 4 heteroatoms. The maximum atomic E-state index is 12.6. The number of para-hydroxylation sites is 1. The Bertz CT molecular complexity index is 987. The van der Waals surface area contributed by atoms with E-state index >= 15 is 0 Å². The van der Waals surface area contributed by atoms with Crippen molar-refractivity contribution < 1.29 is 9.53 Å². The first kappa shape index (κ1) is 13.8. The number of pyridine rings is 1. The second kappa shape index (κ2) is 5.09. The quantitative estimate of drug-likeness (QED) is 0.702. The van der Waals surface area contributed by atoms with Crippen LogP contribution in [-0.4, -0.2) is 11.0 Å². The lowest BCUT2D eigenvalue weighted by Gasteiger charge is -2.26. The van der Waals surface area contributed by atoms with E-state index in [1.54, 1.807) is 0 Å². The lowest BCUT2D eigenvalue weighted by atomic mass is 9.84. The van der Waals surface area contributed by atoms with Gasteiger partial charge in [0.15, 0.2) is 0 Å². The van der Waals surface area contributed by atoms with Crippen LogP contribution >= 0.6 is 0 Å². The van der Waals surface area contributed by atoms with E-state index in [0.29, 0.717) is 16.8 Å². The van der Waals surface area contributed by atoms with Crippen LogP contribution in [0, 0.1) is 6.92 Å². The topological polar surface area (TPSA) is 59.2 Å². The predicted octanol–water partition coefficient (Wildman–Crippen LogP) is 3.28. The molecule has 3 aromatic rings. The molecule has 2 aromatic carbocycles. The number of nitrogens with one attached hydrogen (secondary N) is 1. The number of carbonyl (C=O) groups is 1. The smallest absolute Gasteiger partial charge is 0.312 e. The molecule has 1 unspecified atom stereocenters. The van der Waals surface area contributed by atoms with Gasteiger partial charge in [0.2, 0.25) is 0 Å². The van der Waals surface area contributed by atoms with Gasteiger partial charge in [-0.25, -0.2) is 0 Å². The summed E-state index contributed by atoms with van der Waals surface area (Å²) < 4.78 is 5.46. The lowest BCUT2D eigenvalue weighted by molar-refractivity contribution is -0.135. The lowest BCUT2D eigenvalue weighted by Crippen LogP contribution is -2.28. The van der Waals surface area contributed by atoms with Gasteiger partial charge in [-0.05, 0) is 30.2 Å². The molecule has 0 aliphatic carbocycles. The Hall–Kier alpha value is -2.88. The third kappa shape index (κ3) is 2.14. The summed E-state index contributed by atoms with van der Waals surface area (Å²) in [5, 5.41) is 0.758. The number of esters is 1. The highest BCUT2D eigenvalue weighted by Crippen LogP contribution is 2.40. The molecule has 0 bridgehead atoms. The molecule has 2 heterocycles. The number of aryl methyl sites for hydroxylation is 1. The molecule has 23 heavy (non-hydrogen) atoms. The number of hydrogen-bond donors (Lipinski definition) is 1. The minimum absolute atomic E-state index is 0.180. The van der Waals surface area contributed by atoms with Crippen LogP contribution < -0.4 is 10.3 Å². The summed E-state index contributed by atoms with van der Waals surface area (Å²) in [6, 6.07) is 15.2. The minimum Gasteiger partial charge on any atom is -0.425 e. The summed E-state index contributed by atoms with van der Waals surface area (Å²) in [6.45, 7) is 1.99. The van der Waals surface area contributed by atoms with Crippen LogP contribution in [0.1, 0.15) is 29.0 Å². The summed E-state index contributed by atoms with van der Waals surface area (Å²) in [7, 11) is 0. The fraction of sp³-hybridized carbons (Fsp3) is 0.158. The number of hydrogen-bond acceptors (Lipinski definition) is 3. The van der Waals surface area contributed by atoms with Gasteiger partial charge in [0.05, 0.1) is 17.5 Å². The fourth-order valence-electron chi connectivity index (χ4n) is 3.32. The van der Waals surface area contributed by atoms with Crippen molar-refractivity contribution in [1.29, 1.82) is 0 Å². The zero-order chi connectivity index (χ0) is 16.0. The number of aromatic nitrogens is 1. The molecule has 1 aromatic heterocycles. The van der Waals surface area contributed by atoms with Crippen molar-refractivity contribution in [1.82, 2.24) is 4.98 Å². The maximum Gasteiger partial charge on any atom is 0.312 e. The number of H-pyrrole nitrogens is 1. The SMILES string of the molecule is Cc1ccccc1C1CC(=O)Oc2c1c(=O)[nH]c1ccccc21. The minimum atomic E-state index is -0.304. The molecule has 1 aliphatic heterocycles. The van der Waals surface area contributed by atoms with Gasteiger partial charge in [-0.15, -0.1) is 0 Å². The van der Waals surface area contributed by atoms with Crippen LogP contribution in [0.2, 0.25) is 0 Å². The summed E-state index contributed by atoms with van der Waals surface area (Å²) >= 11 is 0. The molecule has 114 valence electrons. The Kier molecular flexibility index (Phi) is 3.05. The first-order chi connectivity index (χ1) is 11.1. The molecule has 0 fully saturated rings. The Morgan fingerprint density at radius 2 is 1.78 bits per heavy atom. The summed E-state index contributed by atoms with van der Waals surface area (Å²) in [5.74, 6) is -0.184. The molecule has 0 radical (unpaired) electrons. The normalized spacial score (nSPS) is 16.9. The Labute approximate surface area is 132 Å². The van der Waals surface area contributed by atoms with Crippen molar-refractivity contribution in [2.45, 2.75) is 19.3 Å². The largest absolute Gasteiger partial charge is 0.425 e. The van der Waals surface area contributed by atoms with Crippen molar-refractivity contribution in [3.05, 3.63) is 75.6 Å². The molecule has 0 spiro atoms. The molecule has 4 nitrogen and oxygen atoms in total. The van der Waals surface area contributed by atoms with Gasteiger partial charge >= 0.3 is 5.97 Å². The molecule has 0 amide bonds. The fourth-order valence-corrected chi connectivity index (χ4v) is 3.32. The van der Waals surface area contributed by atoms with Crippen molar-refractivity contribution in [2.75, 3.05) is 0 Å². The summed E-state index contributed by atoms with van der Waals surface area (Å²) in [5.41, 5.74) is 3.07. The molecule has 1 N–H and O–H groups in total. The second-order valence-corrected chi connectivity index (χ2v) is 5.83. The van der Waals surface area contributed by atoms with Crippen molar-refractivity contribution in [2.24, 2.45) is 0 Å². The molecule has 0 saturated heterocycles. The van der Waals surface area contributed by atoms with Crippen LogP contribution in [-0.2, 0) is 4.79 Å². The third-order valence-corrected chi connectivity index (χ3v) is 4.41. The highest BCUT2D eigenvalue weighted by molar-refractivity contribution is 5.91. The first-order valence-electron chi connectivity index (χ1n) is 7.56. The zero-order valence-electron chi connectivity index (χ0n) is 12.6. The Morgan fingerprint density at radius 1 is 1.04 bits per heavy atom. The van der Waals surface area contributed by atoms with Gasteiger partial charge in [0.25, 0.3) is 5.56 Å². The van der Waals surface area contributed by atoms with Crippen LogP contribution in [0.3, 0.4) is 0 Å². The molecular formula is C19H15NO3. The molecular weight excluding hydrogens is 290 g/mol. The third-order valence-electron chi connectivity index (χ3n) is 4.41. The summed E-state index contributed by atoms with van der Waals surface area (Å²) in [6.07, 6.45) is 0.180. The predicted molar refractivity (Wildman–Crippen MR) is 87.8 cm³/mol. The number of rotatable bonds is 1. The van der Waals surface area contributed by atoms with E-state index in [1.165, 1.54) is 0 Å². The Morgan fingerprint density at radius 3 is 2.61 bits per heavy atom. The molecule has 1 aliphatic rings. The van der Waals surface area contributed by atoms with E-state index in [2.05, 4.69) is 4.98 Å². The van der Waals surface area contributed by atoms with Crippen LogP contribution in [0.4, 0.5) is 0 Å². The number of fused-ring (bicyclic) bond motifs is 3. The van der Waals surface area contributed by atoms with E-state index in [0.717, 1.165) is 16.5 Å². The number of ether oxygens (including phenoxy) is 1. The summed E-state index contributed by atoms with van der Waals surface area (Å²) in [4.78, 5) is 27.7. The van der Waals surface area contributed by atoms with Gasteiger partial charge in [0, 0.05) is 11.3 Å². The van der Waals surface area contributed by atoms with Crippen LogP contribution in [0.25, 0.3) is 10.9 Å². The van der Waals surface area contributed by atoms with Gasteiger partial charge in [-0.2, -0.15) is 0 Å². The molecule has 1 atom stereocenters. The van der Waals surface area contributed by atoms with Crippen molar-refractivity contribution >= 4 is 16.9 Å². The van der Waals surface area contributed by atoms with Gasteiger partial charge in [-0.3, -0.25) is 9.59 Å². The van der Waals surface area contributed by atoms with E-state index in [9.17, 15) is 9.59 Å². The standard InChI is InChI=1S/C19H15NO3/c1-11-6-2-3-7-12(11)14-10-16(21)23-18-13-8-4-5-9-15(13)20-19(22)17(14)18/h2-9,14H,10H2,1H3,(H,20,22). The molecule has 0 saturated carbocycles.